The van der Waals surface area contributed by atoms with Crippen LogP contribution in [-0.2, 0) is 12.8 Å². The fourth-order valence-corrected chi connectivity index (χ4v) is 10.0. The molecule has 0 saturated heterocycles. The standard InChI is InChI=1S/C44H48N6S3/c1-5-9-11-27(7-3)21-33-23-29(13-15-31(33)25-45)35-17-19-37(51-35)39-41(47)42(48)40(44-43(39)49-53-50-44)38-20-18-36(52-38)30-14-16-32(26-46)34(24-30)22-28(8-4)12-10-6-2/h13-20,23-24,27-28H,5-12,21-22,47-48H2,1-4H3. The van der Waals surface area contributed by atoms with Crippen molar-refractivity contribution in [3.05, 3.63) is 82.9 Å². The lowest BCUT2D eigenvalue weighted by atomic mass is 9.89. The van der Waals surface area contributed by atoms with E-state index < -0.39 is 0 Å². The van der Waals surface area contributed by atoms with E-state index in [1.165, 1.54) is 50.3 Å². The number of hydrogen-bond acceptors (Lipinski definition) is 9. The summed E-state index contributed by atoms with van der Waals surface area (Å²) in [5.74, 6) is 1.13. The van der Waals surface area contributed by atoms with E-state index in [-0.39, 0.29) is 0 Å². The van der Waals surface area contributed by atoms with Gasteiger partial charge < -0.3 is 11.5 Å². The van der Waals surface area contributed by atoms with Gasteiger partial charge in [-0.05, 0) is 95.5 Å². The van der Waals surface area contributed by atoms with Gasteiger partial charge >= 0.3 is 0 Å². The van der Waals surface area contributed by atoms with Gasteiger partial charge in [-0.2, -0.15) is 19.3 Å². The van der Waals surface area contributed by atoms with Crippen molar-refractivity contribution in [1.29, 1.82) is 10.5 Å². The molecule has 272 valence electrons. The lowest BCUT2D eigenvalue weighted by Crippen LogP contribution is -2.05. The van der Waals surface area contributed by atoms with Crippen LogP contribution in [0.1, 0.15) is 101 Å². The second kappa shape index (κ2) is 17.5. The summed E-state index contributed by atoms with van der Waals surface area (Å²) in [5, 5.41) is 19.8. The van der Waals surface area contributed by atoms with Gasteiger partial charge in [0.1, 0.15) is 11.0 Å². The Bertz CT molecular complexity index is 2120. The Kier molecular flexibility index (Phi) is 12.6. The number of fused-ring (bicyclic) bond motifs is 1. The van der Waals surface area contributed by atoms with Crippen molar-refractivity contribution in [2.24, 2.45) is 11.8 Å². The summed E-state index contributed by atoms with van der Waals surface area (Å²) in [6.45, 7) is 8.96. The van der Waals surface area contributed by atoms with E-state index in [1.807, 2.05) is 24.3 Å². The Morgan fingerprint density at radius 1 is 0.604 bits per heavy atom. The van der Waals surface area contributed by atoms with Crippen LogP contribution in [0.2, 0.25) is 0 Å². The second-order valence-corrected chi connectivity index (χ2v) is 16.8. The lowest BCUT2D eigenvalue weighted by Gasteiger charge is -2.16. The Balaban J connectivity index is 1.32. The molecule has 0 saturated carbocycles. The topological polar surface area (TPSA) is 125 Å². The summed E-state index contributed by atoms with van der Waals surface area (Å²) in [4.78, 5) is 4.17. The van der Waals surface area contributed by atoms with Crippen molar-refractivity contribution in [2.75, 3.05) is 11.5 Å². The maximum absolute atomic E-state index is 9.89. The first-order valence-corrected chi connectivity index (χ1v) is 21.3. The van der Waals surface area contributed by atoms with E-state index >= 15 is 0 Å². The van der Waals surface area contributed by atoms with Gasteiger partial charge in [0, 0.05) is 30.6 Å². The molecular weight excluding hydrogens is 709 g/mol. The summed E-state index contributed by atoms with van der Waals surface area (Å²) in [6, 6.07) is 25.7. The minimum Gasteiger partial charge on any atom is -0.396 e. The first-order chi connectivity index (χ1) is 25.8. The molecule has 3 heterocycles. The average molecular weight is 757 g/mol. The van der Waals surface area contributed by atoms with Crippen LogP contribution in [0.5, 0.6) is 0 Å². The van der Waals surface area contributed by atoms with Crippen LogP contribution < -0.4 is 11.5 Å². The van der Waals surface area contributed by atoms with Gasteiger partial charge in [0.05, 0.1) is 46.4 Å². The molecule has 0 fully saturated rings. The molecule has 9 heteroatoms. The molecule has 3 aromatic heterocycles. The Labute approximate surface area is 326 Å². The maximum Gasteiger partial charge on any atom is 0.116 e. The summed E-state index contributed by atoms with van der Waals surface area (Å²) in [6.07, 6.45) is 11.2. The van der Waals surface area contributed by atoms with Crippen molar-refractivity contribution in [3.8, 4) is 53.9 Å². The average Bonchev–Trinajstić information content (AvgIpc) is 3.98. The van der Waals surface area contributed by atoms with E-state index in [0.717, 1.165) is 101 Å². The monoisotopic (exact) mass is 756 g/mol. The number of anilines is 2. The third-order valence-corrected chi connectivity index (χ3v) is 13.5. The highest BCUT2D eigenvalue weighted by Gasteiger charge is 2.24. The molecule has 2 unspecified atom stereocenters. The van der Waals surface area contributed by atoms with Crippen LogP contribution in [-0.4, -0.2) is 8.75 Å². The van der Waals surface area contributed by atoms with Gasteiger partial charge in [-0.3, -0.25) is 0 Å². The van der Waals surface area contributed by atoms with E-state index in [0.29, 0.717) is 23.2 Å². The smallest absolute Gasteiger partial charge is 0.116 e. The predicted octanol–water partition coefficient (Wildman–Crippen LogP) is 12.9. The van der Waals surface area contributed by atoms with E-state index in [2.05, 4.69) is 76.2 Å². The fraction of sp³-hybridized carbons (Fsp3) is 0.364. The zero-order valence-corrected chi connectivity index (χ0v) is 33.6. The number of hydrogen-bond donors (Lipinski definition) is 2. The number of thiophene rings is 2. The van der Waals surface area contributed by atoms with Crippen LogP contribution in [0.15, 0.2) is 60.7 Å². The highest BCUT2D eigenvalue weighted by molar-refractivity contribution is 7.19. The lowest BCUT2D eigenvalue weighted by molar-refractivity contribution is 0.449. The third-order valence-electron chi connectivity index (χ3n) is 10.6. The number of nitrogens with two attached hydrogens (primary N) is 2. The van der Waals surface area contributed by atoms with Crippen LogP contribution in [0, 0.1) is 34.5 Å². The molecular formula is C44H48N6S3. The highest BCUT2D eigenvalue weighted by atomic mass is 32.1. The predicted molar refractivity (Wildman–Crippen MR) is 227 cm³/mol. The summed E-state index contributed by atoms with van der Waals surface area (Å²) in [7, 11) is 0. The van der Waals surface area contributed by atoms with Crippen molar-refractivity contribution < 1.29 is 0 Å². The van der Waals surface area contributed by atoms with Crippen LogP contribution in [0.4, 0.5) is 11.4 Å². The molecule has 53 heavy (non-hydrogen) atoms. The zero-order valence-electron chi connectivity index (χ0n) is 31.2. The van der Waals surface area contributed by atoms with Crippen molar-refractivity contribution in [3.63, 3.8) is 0 Å². The maximum atomic E-state index is 9.89. The first-order valence-electron chi connectivity index (χ1n) is 18.9. The number of nitrogen functional groups attached to an aromatic ring is 2. The number of rotatable bonds is 16. The zero-order chi connectivity index (χ0) is 37.5. The molecule has 6 rings (SSSR count). The van der Waals surface area contributed by atoms with E-state index in [1.54, 1.807) is 22.7 Å². The van der Waals surface area contributed by atoms with Crippen LogP contribution in [0.3, 0.4) is 0 Å². The highest BCUT2D eigenvalue weighted by Crippen LogP contribution is 2.49. The van der Waals surface area contributed by atoms with Crippen molar-refractivity contribution >= 4 is 56.8 Å². The molecule has 0 amide bonds. The summed E-state index contributed by atoms with van der Waals surface area (Å²) in [5.41, 5.74) is 23.9. The molecule has 0 bridgehead atoms. The van der Waals surface area contributed by atoms with E-state index in [9.17, 15) is 10.5 Å². The minimum atomic E-state index is 0.504. The number of benzene rings is 3. The van der Waals surface area contributed by atoms with Gasteiger partial charge in [0.25, 0.3) is 0 Å². The van der Waals surface area contributed by atoms with Gasteiger partial charge in [-0.15, -0.1) is 22.7 Å². The SMILES string of the molecule is CCCCC(CC)Cc1cc(-c2ccc(-c3c(N)c(N)c(-c4ccc(-c5ccc(C#N)c(CC(CC)CCCC)c5)s4)c4nsnc34)s2)ccc1C#N. The van der Waals surface area contributed by atoms with Gasteiger partial charge in [-0.1, -0.05) is 91.2 Å². The summed E-state index contributed by atoms with van der Waals surface area (Å²) < 4.78 is 9.52. The quantitative estimate of drug-likeness (QED) is 0.0947. The molecule has 0 radical (unpaired) electrons. The molecule has 2 atom stereocenters. The molecule has 0 aliphatic carbocycles. The van der Waals surface area contributed by atoms with Crippen molar-refractivity contribution in [1.82, 2.24) is 8.75 Å². The third kappa shape index (κ3) is 8.19. The number of unbranched alkanes of at least 4 members (excludes halogenated alkanes) is 2. The molecule has 0 aliphatic rings. The number of nitriles is 2. The van der Waals surface area contributed by atoms with Crippen LogP contribution >= 0.6 is 34.4 Å². The molecule has 0 spiro atoms. The first kappa shape index (κ1) is 38.2. The Morgan fingerprint density at radius 2 is 1.02 bits per heavy atom. The van der Waals surface area contributed by atoms with Gasteiger partial charge in [0.2, 0.25) is 0 Å². The molecule has 6 nitrogen and oxygen atoms in total. The largest absolute Gasteiger partial charge is 0.396 e. The fourth-order valence-electron chi connectivity index (χ4n) is 7.35. The molecule has 6 aromatic rings. The summed E-state index contributed by atoms with van der Waals surface area (Å²) >= 11 is 4.48. The Hall–Kier alpha value is -4.54. The molecule has 4 N–H and O–H groups in total. The minimum absolute atomic E-state index is 0.504. The normalized spacial score (nSPS) is 12.5. The second-order valence-electron chi connectivity index (χ2n) is 14.1. The van der Waals surface area contributed by atoms with Crippen molar-refractivity contribution in [2.45, 2.75) is 91.9 Å². The van der Waals surface area contributed by atoms with Gasteiger partial charge in [-0.25, -0.2) is 0 Å². The van der Waals surface area contributed by atoms with E-state index in [4.69, 9.17) is 20.2 Å². The molecule has 3 aromatic carbocycles. The Morgan fingerprint density at radius 3 is 1.40 bits per heavy atom. The number of nitrogens with zero attached hydrogens (tertiary/aromatic N) is 4. The molecule has 0 aliphatic heterocycles. The van der Waals surface area contributed by atoms with Gasteiger partial charge in [0.15, 0.2) is 0 Å². The van der Waals surface area contributed by atoms with Crippen LogP contribution in [0.25, 0.3) is 52.8 Å². The number of aromatic nitrogens is 2.